The number of hydrogen-bond acceptors (Lipinski definition) is 4. The number of hydrogen-bond donors (Lipinski definition) is 1. The SMILES string of the molecule is CCOC(=O)c1ccc(NC(=O)[C@@H](CC)Oc2ccc(C)cc2)c(C)c1. The van der Waals surface area contributed by atoms with Gasteiger partial charge in [0.25, 0.3) is 5.91 Å². The van der Waals surface area contributed by atoms with Crippen LogP contribution >= 0.6 is 0 Å². The fraction of sp³-hybridized carbons (Fsp3) is 0.333. The van der Waals surface area contributed by atoms with Gasteiger partial charge in [-0.2, -0.15) is 0 Å². The Labute approximate surface area is 154 Å². The number of benzene rings is 2. The maximum absolute atomic E-state index is 12.6. The van der Waals surface area contributed by atoms with Crippen molar-refractivity contribution in [2.24, 2.45) is 0 Å². The number of nitrogens with one attached hydrogen (secondary N) is 1. The number of rotatable bonds is 7. The average molecular weight is 355 g/mol. The van der Waals surface area contributed by atoms with Gasteiger partial charge in [-0.1, -0.05) is 24.6 Å². The van der Waals surface area contributed by atoms with E-state index in [1.165, 1.54) is 0 Å². The first kappa shape index (κ1) is 19.5. The van der Waals surface area contributed by atoms with Gasteiger partial charge in [-0.15, -0.1) is 0 Å². The third-order valence-corrected chi connectivity index (χ3v) is 3.96. The summed E-state index contributed by atoms with van der Waals surface area (Å²) in [5, 5.41) is 2.87. The number of anilines is 1. The van der Waals surface area contributed by atoms with E-state index < -0.39 is 6.10 Å². The van der Waals surface area contributed by atoms with Crippen LogP contribution in [0.1, 0.15) is 41.8 Å². The van der Waals surface area contributed by atoms with Crippen LogP contribution < -0.4 is 10.1 Å². The van der Waals surface area contributed by atoms with Gasteiger partial charge in [-0.3, -0.25) is 4.79 Å². The van der Waals surface area contributed by atoms with Crippen LogP contribution in [0.15, 0.2) is 42.5 Å². The normalized spacial score (nSPS) is 11.5. The second-order valence-electron chi connectivity index (χ2n) is 6.07. The minimum atomic E-state index is -0.596. The third-order valence-electron chi connectivity index (χ3n) is 3.96. The lowest BCUT2D eigenvalue weighted by Gasteiger charge is -2.18. The zero-order chi connectivity index (χ0) is 19.1. The average Bonchev–Trinajstić information content (AvgIpc) is 2.63. The lowest BCUT2D eigenvalue weighted by Crippen LogP contribution is -2.32. The molecule has 2 aromatic rings. The molecule has 0 aliphatic heterocycles. The highest BCUT2D eigenvalue weighted by atomic mass is 16.5. The molecule has 0 saturated carbocycles. The fourth-order valence-electron chi connectivity index (χ4n) is 2.46. The Hall–Kier alpha value is -2.82. The van der Waals surface area contributed by atoms with Crippen LogP contribution in [0.2, 0.25) is 0 Å². The molecule has 1 amide bonds. The highest BCUT2D eigenvalue weighted by molar-refractivity contribution is 5.96. The van der Waals surface area contributed by atoms with E-state index in [-0.39, 0.29) is 11.9 Å². The summed E-state index contributed by atoms with van der Waals surface area (Å²) >= 11 is 0. The molecule has 0 spiro atoms. The Morgan fingerprint density at radius 1 is 1.04 bits per heavy atom. The molecule has 0 radical (unpaired) electrons. The lowest BCUT2D eigenvalue weighted by atomic mass is 10.1. The van der Waals surface area contributed by atoms with Crippen LogP contribution in [0.4, 0.5) is 5.69 Å². The summed E-state index contributed by atoms with van der Waals surface area (Å²) in [7, 11) is 0. The zero-order valence-corrected chi connectivity index (χ0v) is 15.7. The van der Waals surface area contributed by atoms with Crippen LogP contribution in [0, 0.1) is 13.8 Å². The summed E-state index contributed by atoms with van der Waals surface area (Å²) in [6, 6.07) is 12.6. The lowest BCUT2D eigenvalue weighted by molar-refractivity contribution is -0.122. The molecule has 5 heteroatoms. The van der Waals surface area contributed by atoms with Gasteiger partial charge in [0.2, 0.25) is 0 Å². The standard InChI is InChI=1S/C21H25NO4/c1-5-19(26-17-10-7-14(3)8-11-17)20(23)22-18-12-9-16(13-15(18)4)21(24)25-6-2/h7-13,19H,5-6H2,1-4H3,(H,22,23)/t19-/m1/s1. The van der Waals surface area contributed by atoms with Crippen LogP contribution in [0.5, 0.6) is 5.75 Å². The van der Waals surface area contributed by atoms with Gasteiger partial charge in [0.05, 0.1) is 12.2 Å². The molecule has 0 fully saturated rings. The second kappa shape index (κ2) is 9.04. The molecule has 0 heterocycles. The van der Waals surface area contributed by atoms with Crippen molar-refractivity contribution >= 4 is 17.6 Å². The van der Waals surface area contributed by atoms with Crippen molar-refractivity contribution < 1.29 is 19.1 Å². The predicted octanol–water partition coefficient (Wildman–Crippen LogP) is 4.28. The Morgan fingerprint density at radius 2 is 1.73 bits per heavy atom. The van der Waals surface area contributed by atoms with Gasteiger partial charge in [0.15, 0.2) is 6.10 Å². The number of ether oxygens (including phenoxy) is 2. The fourth-order valence-corrected chi connectivity index (χ4v) is 2.46. The molecule has 0 bridgehead atoms. The first-order valence-electron chi connectivity index (χ1n) is 8.76. The van der Waals surface area contributed by atoms with Crippen LogP contribution in [-0.4, -0.2) is 24.6 Å². The number of carbonyl (C=O) groups excluding carboxylic acids is 2. The van der Waals surface area contributed by atoms with Crippen molar-refractivity contribution in [3.63, 3.8) is 0 Å². The van der Waals surface area contributed by atoms with E-state index in [1.54, 1.807) is 25.1 Å². The summed E-state index contributed by atoms with van der Waals surface area (Å²) in [6.07, 6.45) is -0.0542. The first-order valence-corrected chi connectivity index (χ1v) is 8.76. The molecular formula is C21H25NO4. The maximum Gasteiger partial charge on any atom is 0.338 e. The number of esters is 1. The molecule has 0 aliphatic carbocycles. The second-order valence-corrected chi connectivity index (χ2v) is 6.07. The summed E-state index contributed by atoms with van der Waals surface area (Å²) in [5.74, 6) is 0.0645. The Morgan fingerprint density at radius 3 is 2.31 bits per heavy atom. The quantitative estimate of drug-likeness (QED) is 0.753. The predicted molar refractivity (Wildman–Crippen MR) is 102 cm³/mol. The van der Waals surface area contributed by atoms with Crippen molar-refractivity contribution in [1.82, 2.24) is 0 Å². The van der Waals surface area contributed by atoms with Crippen molar-refractivity contribution in [1.29, 1.82) is 0 Å². The van der Waals surface area contributed by atoms with Gasteiger partial charge in [0, 0.05) is 5.69 Å². The number of amides is 1. The molecule has 2 rings (SSSR count). The van der Waals surface area contributed by atoms with Crippen LogP contribution in [0.25, 0.3) is 0 Å². The first-order chi connectivity index (χ1) is 12.4. The summed E-state index contributed by atoms with van der Waals surface area (Å²) < 4.78 is 10.8. The van der Waals surface area contributed by atoms with Crippen LogP contribution in [0.3, 0.4) is 0 Å². The van der Waals surface area contributed by atoms with Gasteiger partial charge >= 0.3 is 5.97 Å². The van der Waals surface area contributed by atoms with E-state index in [9.17, 15) is 9.59 Å². The maximum atomic E-state index is 12.6. The Kier molecular flexibility index (Phi) is 6.78. The van der Waals surface area contributed by atoms with Crippen molar-refractivity contribution in [3.8, 4) is 5.75 Å². The minimum Gasteiger partial charge on any atom is -0.481 e. The van der Waals surface area contributed by atoms with Crippen molar-refractivity contribution in [3.05, 3.63) is 59.2 Å². The van der Waals surface area contributed by atoms with E-state index in [1.807, 2.05) is 45.0 Å². The molecule has 26 heavy (non-hydrogen) atoms. The minimum absolute atomic E-state index is 0.222. The summed E-state index contributed by atoms with van der Waals surface area (Å²) in [6.45, 7) is 7.81. The zero-order valence-electron chi connectivity index (χ0n) is 15.7. The Bertz CT molecular complexity index is 768. The van der Waals surface area contributed by atoms with E-state index in [2.05, 4.69) is 5.32 Å². The number of aryl methyl sites for hydroxylation is 2. The summed E-state index contributed by atoms with van der Waals surface area (Å²) in [5.41, 5.74) is 3.03. The van der Waals surface area contributed by atoms with E-state index in [4.69, 9.17) is 9.47 Å². The van der Waals surface area contributed by atoms with Gasteiger partial charge in [-0.25, -0.2) is 4.79 Å². The highest BCUT2D eigenvalue weighted by Gasteiger charge is 2.19. The molecule has 5 nitrogen and oxygen atoms in total. The molecule has 0 aliphatic rings. The third kappa shape index (κ3) is 5.09. The topological polar surface area (TPSA) is 64.6 Å². The van der Waals surface area contributed by atoms with Gasteiger partial charge in [-0.05, 0) is 63.1 Å². The molecular weight excluding hydrogens is 330 g/mol. The van der Waals surface area contributed by atoms with Crippen LogP contribution in [-0.2, 0) is 9.53 Å². The van der Waals surface area contributed by atoms with E-state index >= 15 is 0 Å². The molecule has 1 N–H and O–H groups in total. The number of carbonyl (C=O) groups is 2. The van der Waals surface area contributed by atoms with Gasteiger partial charge in [0.1, 0.15) is 5.75 Å². The van der Waals surface area contributed by atoms with Gasteiger partial charge < -0.3 is 14.8 Å². The highest BCUT2D eigenvalue weighted by Crippen LogP contribution is 2.19. The van der Waals surface area contributed by atoms with Crippen molar-refractivity contribution in [2.75, 3.05) is 11.9 Å². The molecule has 0 saturated heterocycles. The van der Waals surface area contributed by atoms with E-state index in [0.717, 1.165) is 11.1 Å². The van der Waals surface area contributed by atoms with Crippen molar-refractivity contribution in [2.45, 2.75) is 40.2 Å². The smallest absolute Gasteiger partial charge is 0.338 e. The molecule has 1 atom stereocenters. The molecule has 0 aromatic heterocycles. The molecule has 0 unspecified atom stereocenters. The monoisotopic (exact) mass is 355 g/mol. The largest absolute Gasteiger partial charge is 0.481 e. The van der Waals surface area contributed by atoms with E-state index in [0.29, 0.717) is 30.0 Å². The molecule has 2 aromatic carbocycles. The Balaban J connectivity index is 2.07. The summed E-state index contributed by atoms with van der Waals surface area (Å²) in [4.78, 5) is 24.3. The molecule has 138 valence electrons.